The van der Waals surface area contributed by atoms with Gasteiger partial charge in [0.1, 0.15) is 5.56 Å². The number of carbonyl (C=O) groups is 1. The van der Waals surface area contributed by atoms with Gasteiger partial charge in [0.25, 0.3) is 5.69 Å². The van der Waals surface area contributed by atoms with Crippen LogP contribution in [0.15, 0.2) is 18.2 Å². The van der Waals surface area contributed by atoms with E-state index in [1.807, 2.05) is 0 Å². The summed E-state index contributed by atoms with van der Waals surface area (Å²) in [6.45, 7) is 2.15. The average Bonchev–Trinajstić information content (AvgIpc) is 2.37. The zero-order valence-electron chi connectivity index (χ0n) is 10.5. The lowest BCUT2D eigenvalue weighted by atomic mass is 10.1. The number of hydrogen-bond acceptors (Lipinski definition) is 5. The Balaban J connectivity index is 3.12. The van der Waals surface area contributed by atoms with E-state index in [0.717, 1.165) is 6.07 Å². The van der Waals surface area contributed by atoms with Gasteiger partial charge in [-0.15, -0.1) is 0 Å². The van der Waals surface area contributed by atoms with Crippen molar-refractivity contribution in [3.05, 3.63) is 33.9 Å². The molecule has 1 atom stereocenters. The largest absolute Gasteiger partial charge is 0.477 e. The Labute approximate surface area is 109 Å². The number of benzene rings is 1. The van der Waals surface area contributed by atoms with Gasteiger partial charge in [0.15, 0.2) is 0 Å². The van der Waals surface area contributed by atoms with E-state index >= 15 is 0 Å². The highest BCUT2D eigenvalue weighted by molar-refractivity contribution is 5.93. The third-order valence-electron chi connectivity index (χ3n) is 2.62. The summed E-state index contributed by atoms with van der Waals surface area (Å²) >= 11 is 0. The number of hydrogen-bond donors (Lipinski definition) is 1. The first-order valence-electron chi connectivity index (χ1n) is 5.49. The molecule has 0 aliphatic heterocycles. The first-order chi connectivity index (χ1) is 8.86. The molecule has 1 rings (SSSR count). The summed E-state index contributed by atoms with van der Waals surface area (Å²) in [5, 5.41) is 28.4. The van der Waals surface area contributed by atoms with Crippen molar-refractivity contribution in [3.8, 4) is 6.07 Å². The number of nitriles is 1. The van der Waals surface area contributed by atoms with Crippen LogP contribution in [-0.4, -0.2) is 29.6 Å². The Bertz CT molecular complexity index is 550. The Hall–Kier alpha value is -2.62. The number of nitro benzene ring substituents is 1. The molecule has 1 unspecified atom stereocenters. The summed E-state index contributed by atoms with van der Waals surface area (Å²) in [5.74, 6) is -1.58. The van der Waals surface area contributed by atoms with Gasteiger partial charge in [0, 0.05) is 25.3 Å². The van der Waals surface area contributed by atoms with Crippen molar-refractivity contribution in [3.63, 3.8) is 0 Å². The quantitative estimate of drug-likeness (QED) is 0.642. The van der Waals surface area contributed by atoms with Gasteiger partial charge in [0.05, 0.1) is 16.9 Å². The van der Waals surface area contributed by atoms with E-state index in [0.29, 0.717) is 12.2 Å². The molecule has 0 bridgehead atoms. The monoisotopic (exact) mass is 263 g/mol. The molecule has 0 aromatic heterocycles. The van der Waals surface area contributed by atoms with Gasteiger partial charge in [-0.1, -0.05) is 0 Å². The SMILES string of the molecule is CC(C#N)CN(C)c1ccc([N+](=O)[O-])c(C(=O)O)c1. The molecule has 0 saturated heterocycles. The Kier molecular flexibility index (Phi) is 4.42. The molecular weight excluding hydrogens is 250 g/mol. The number of carboxylic acid groups (broad SMARTS) is 1. The number of rotatable bonds is 5. The molecule has 1 N–H and O–H groups in total. The molecule has 100 valence electrons. The van der Waals surface area contributed by atoms with E-state index in [9.17, 15) is 14.9 Å². The second-order valence-corrected chi connectivity index (χ2v) is 4.17. The molecule has 0 spiro atoms. The van der Waals surface area contributed by atoms with Crippen molar-refractivity contribution < 1.29 is 14.8 Å². The second-order valence-electron chi connectivity index (χ2n) is 4.17. The van der Waals surface area contributed by atoms with Gasteiger partial charge < -0.3 is 10.0 Å². The highest BCUT2D eigenvalue weighted by Crippen LogP contribution is 2.24. The third-order valence-corrected chi connectivity index (χ3v) is 2.62. The molecular formula is C12H13N3O4. The summed E-state index contributed by atoms with van der Waals surface area (Å²) in [4.78, 5) is 22.7. The van der Waals surface area contributed by atoms with Crippen LogP contribution in [0.25, 0.3) is 0 Å². The topological polar surface area (TPSA) is 107 Å². The lowest BCUT2D eigenvalue weighted by Crippen LogP contribution is -2.23. The van der Waals surface area contributed by atoms with Crippen molar-refractivity contribution in [2.45, 2.75) is 6.92 Å². The fourth-order valence-electron chi connectivity index (χ4n) is 1.65. The van der Waals surface area contributed by atoms with E-state index in [-0.39, 0.29) is 11.5 Å². The average molecular weight is 263 g/mol. The van der Waals surface area contributed by atoms with Crippen LogP contribution in [0.4, 0.5) is 11.4 Å². The van der Waals surface area contributed by atoms with E-state index in [2.05, 4.69) is 6.07 Å². The first-order valence-corrected chi connectivity index (χ1v) is 5.49. The van der Waals surface area contributed by atoms with E-state index in [4.69, 9.17) is 10.4 Å². The minimum absolute atomic E-state index is 0.228. The van der Waals surface area contributed by atoms with Crippen LogP contribution >= 0.6 is 0 Å². The summed E-state index contributed by atoms with van der Waals surface area (Å²) in [7, 11) is 1.70. The molecule has 7 nitrogen and oxygen atoms in total. The second kappa shape index (κ2) is 5.82. The van der Waals surface area contributed by atoms with Gasteiger partial charge in [-0.2, -0.15) is 5.26 Å². The number of nitrogens with zero attached hydrogens (tertiary/aromatic N) is 3. The van der Waals surface area contributed by atoms with Crippen molar-refractivity contribution >= 4 is 17.3 Å². The number of aromatic carboxylic acids is 1. The lowest BCUT2D eigenvalue weighted by Gasteiger charge is -2.20. The Morgan fingerprint density at radius 3 is 2.74 bits per heavy atom. The lowest BCUT2D eigenvalue weighted by molar-refractivity contribution is -0.385. The normalized spacial score (nSPS) is 11.4. The van der Waals surface area contributed by atoms with E-state index in [1.54, 1.807) is 18.9 Å². The third kappa shape index (κ3) is 3.42. The number of nitro groups is 1. The molecule has 0 fully saturated rings. The highest BCUT2D eigenvalue weighted by Gasteiger charge is 2.21. The van der Waals surface area contributed by atoms with Gasteiger partial charge in [-0.05, 0) is 19.1 Å². The maximum atomic E-state index is 11.0. The summed E-state index contributed by atoms with van der Waals surface area (Å²) < 4.78 is 0. The molecule has 0 saturated carbocycles. The molecule has 7 heteroatoms. The van der Waals surface area contributed by atoms with E-state index < -0.39 is 16.6 Å². The minimum atomic E-state index is -1.35. The molecule has 1 aromatic rings. The summed E-state index contributed by atoms with van der Waals surface area (Å²) in [5.41, 5.74) is -0.290. The van der Waals surface area contributed by atoms with Crippen LogP contribution in [0.3, 0.4) is 0 Å². The van der Waals surface area contributed by atoms with E-state index in [1.165, 1.54) is 12.1 Å². The van der Waals surface area contributed by atoms with Crippen LogP contribution < -0.4 is 4.90 Å². The van der Waals surface area contributed by atoms with Gasteiger partial charge >= 0.3 is 5.97 Å². The molecule has 0 amide bonds. The zero-order valence-corrected chi connectivity index (χ0v) is 10.5. The molecule has 1 aromatic carbocycles. The van der Waals surface area contributed by atoms with Crippen LogP contribution in [0, 0.1) is 27.4 Å². The molecule has 0 aliphatic rings. The Morgan fingerprint density at radius 2 is 2.26 bits per heavy atom. The van der Waals surface area contributed by atoms with Crippen molar-refractivity contribution in [2.75, 3.05) is 18.5 Å². The van der Waals surface area contributed by atoms with Crippen LogP contribution in [-0.2, 0) is 0 Å². The van der Waals surface area contributed by atoms with Gasteiger partial charge in [-0.3, -0.25) is 10.1 Å². The minimum Gasteiger partial charge on any atom is -0.477 e. The predicted molar refractivity (Wildman–Crippen MR) is 68.1 cm³/mol. The zero-order chi connectivity index (χ0) is 14.6. The van der Waals surface area contributed by atoms with Gasteiger partial charge in [0.2, 0.25) is 0 Å². The fraction of sp³-hybridized carbons (Fsp3) is 0.333. The summed E-state index contributed by atoms with van der Waals surface area (Å²) in [6.07, 6.45) is 0. The summed E-state index contributed by atoms with van der Waals surface area (Å²) in [6, 6.07) is 5.93. The molecule has 0 heterocycles. The molecule has 0 aliphatic carbocycles. The van der Waals surface area contributed by atoms with Crippen LogP contribution in [0.5, 0.6) is 0 Å². The van der Waals surface area contributed by atoms with Gasteiger partial charge in [-0.25, -0.2) is 4.79 Å². The Morgan fingerprint density at radius 1 is 1.63 bits per heavy atom. The van der Waals surface area contributed by atoms with Crippen molar-refractivity contribution in [2.24, 2.45) is 5.92 Å². The van der Waals surface area contributed by atoms with Crippen LogP contribution in [0.1, 0.15) is 17.3 Å². The van der Waals surface area contributed by atoms with Crippen molar-refractivity contribution in [1.82, 2.24) is 0 Å². The van der Waals surface area contributed by atoms with Crippen LogP contribution in [0.2, 0.25) is 0 Å². The maximum Gasteiger partial charge on any atom is 0.342 e. The molecule has 19 heavy (non-hydrogen) atoms. The molecule has 0 radical (unpaired) electrons. The standard InChI is InChI=1S/C12H13N3O4/c1-8(6-13)7-14(2)9-3-4-11(15(18)19)10(5-9)12(16)17/h3-5,8H,7H2,1-2H3,(H,16,17). The predicted octanol–water partition coefficient (Wildman–Crippen LogP) is 1.89. The number of carboxylic acids is 1. The first kappa shape index (κ1) is 14.4. The van der Waals surface area contributed by atoms with Crippen molar-refractivity contribution in [1.29, 1.82) is 5.26 Å². The smallest absolute Gasteiger partial charge is 0.342 e. The maximum absolute atomic E-state index is 11.0. The highest BCUT2D eigenvalue weighted by atomic mass is 16.6. The fourth-order valence-corrected chi connectivity index (χ4v) is 1.65. The number of anilines is 1.